The summed E-state index contributed by atoms with van der Waals surface area (Å²) >= 11 is 5.98. The van der Waals surface area contributed by atoms with Crippen LogP contribution in [0, 0.1) is 0 Å². The zero-order valence-electron chi connectivity index (χ0n) is 10.9. The summed E-state index contributed by atoms with van der Waals surface area (Å²) in [5.41, 5.74) is 2.06. The SMILES string of the molecule is CC(C)OCc1ccc(Nc2ncncc2Cl)cc1. The highest BCUT2D eigenvalue weighted by molar-refractivity contribution is 6.32. The molecular formula is C14H16ClN3O. The Morgan fingerprint density at radius 2 is 2.00 bits per heavy atom. The second kappa shape index (κ2) is 6.50. The van der Waals surface area contributed by atoms with Gasteiger partial charge in [-0.2, -0.15) is 0 Å². The van der Waals surface area contributed by atoms with Gasteiger partial charge in [-0.1, -0.05) is 23.7 Å². The van der Waals surface area contributed by atoms with Crippen LogP contribution in [0.2, 0.25) is 5.02 Å². The Kier molecular flexibility index (Phi) is 4.71. The first-order valence-corrected chi connectivity index (χ1v) is 6.46. The Labute approximate surface area is 117 Å². The third-order valence-electron chi connectivity index (χ3n) is 2.47. The zero-order valence-corrected chi connectivity index (χ0v) is 11.7. The number of nitrogens with one attached hydrogen (secondary N) is 1. The highest BCUT2D eigenvalue weighted by Gasteiger charge is 2.02. The van der Waals surface area contributed by atoms with E-state index in [1.165, 1.54) is 6.33 Å². The molecule has 4 nitrogen and oxygen atoms in total. The van der Waals surface area contributed by atoms with Gasteiger partial charge in [-0.25, -0.2) is 9.97 Å². The number of nitrogens with zero attached hydrogens (tertiary/aromatic N) is 2. The normalized spacial score (nSPS) is 10.7. The first-order valence-electron chi connectivity index (χ1n) is 6.08. The number of halogens is 1. The van der Waals surface area contributed by atoms with Crippen molar-refractivity contribution in [1.82, 2.24) is 9.97 Å². The molecule has 2 rings (SSSR count). The van der Waals surface area contributed by atoms with Crippen molar-refractivity contribution in [3.05, 3.63) is 47.4 Å². The van der Waals surface area contributed by atoms with E-state index in [-0.39, 0.29) is 6.10 Å². The number of hydrogen-bond donors (Lipinski definition) is 1. The van der Waals surface area contributed by atoms with Gasteiger partial charge < -0.3 is 10.1 Å². The summed E-state index contributed by atoms with van der Waals surface area (Å²) in [4.78, 5) is 7.92. The topological polar surface area (TPSA) is 47.0 Å². The molecule has 19 heavy (non-hydrogen) atoms. The molecule has 2 aromatic rings. The lowest BCUT2D eigenvalue weighted by Gasteiger charge is -2.09. The van der Waals surface area contributed by atoms with Crippen LogP contribution < -0.4 is 5.32 Å². The average molecular weight is 278 g/mol. The maximum atomic E-state index is 5.98. The van der Waals surface area contributed by atoms with Crippen molar-refractivity contribution in [3.63, 3.8) is 0 Å². The van der Waals surface area contributed by atoms with Gasteiger partial charge in [0.15, 0.2) is 5.82 Å². The van der Waals surface area contributed by atoms with Crippen LogP contribution in [0.1, 0.15) is 19.4 Å². The zero-order chi connectivity index (χ0) is 13.7. The summed E-state index contributed by atoms with van der Waals surface area (Å²) in [5.74, 6) is 0.600. The molecule has 1 aromatic carbocycles. The second-order valence-corrected chi connectivity index (χ2v) is 4.81. The molecule has 1 aromatic heterocycles. The quantitative estimate of drug-likeness (QED) is 0.903. The van der Waals surface area contributed by atoms with Crippen molar-refractivity contribution in [3.8, 4) is 0 Å². The lowest BCUT2D eigenvalue weighted by Crippen LogP contribution is -2.02. The number of ether oxygens (including phenoxy) is 1. The molecule has 0 atom stereocenters. The van der Waals surface area contributed by atoms with Crippen molar-refractivity contribution in [1.29, 1.82) is 0 Å². The maximum absolute atomic E-state index is 5.98. The summed E-state index contributed by atoms with van der Waals surface area (Å²) < 4.78 is 5.54. The molecule has 5 heteroatoms. The van der Waals surface area contributed by atoms with Gasteiger partial charge in [0.05, 0.1) is 18.9 Å². The maximum Gasteiger partial charge on any atom is 0.152 e. The molecule has 0 amide bonds. The van der Waals surface area contributed by atoms with E-state index in [4.69, 9.17) is 16.3 Å². The summed E-state index contributed by atoms with van der Waals surface area (Å²) in [6.45, 7) is 4.66. The van der Waals surface area contributed by atoms with Crippen LogP contribution in [0.15, 0.2) is 36.8 Å². The molecule has 0 radical (unpaired) electrons. The van der Waals surface area contributed by atoms with Crippen LogP contribution >= 0.6 is 11.6 Å². The molecule has 0 fully saturated rings. The molecule has 0 spiro atoms. The lowest BCUT2D eigenvalue weighted by atomic mass is 10.2. The highest BCUT2D eigenvalue weighted by Crippen LogP contribution is 2.21. The fraction of sp³-hybridized carbons (Fsp3) is 0.286. The van der Waals surface area contributed by atoms with Crippen LogP contribution in [0.3, 0.4) is 0 Å². The number of aromatic nitrogens is 2. The van der Waals surface area contributed by atoms with E-state index >= 15 is 0 Å². The van der Waals surface area contributed by atoms with Crippen LogP contribution in [0.4, 0.5) is 11.5 Å². The van der Waals surface area contributed by atoms with Gasteiger partial charge in [-0.05, 0) is 31.5 Å². The van der Waals surface area contributed by atoms with E-state index in [1.54, 1.807) is 6.20 Å². The van der Waals surface area contributed by atoms with Gasteiger partial charge in [0.1, 0.15) is 11.3 Å². The summed E-state index contributed by atoms with van der Waals surface area (Å²) in [7, 11) is 0. The smallest absolute Gasteiger partial charge is 0.152 e. The predicted molar refractivity (Wildman–Crippen MR) is 76.7 cm³/mol. The van der Waals surface area contributed by atoms with Gasteiger partial charge in [-0.3, -0.25) is 0 Å². The molecule has 0 saturated carbocycles. The van der Waals surface area contributed by atoms with Gasteiger partial charge >= 0.3 is 0 Å². The molecule has 1 heterocycles. The monoisotopic (exact) mass is 277 g/mol. The second-order valence-electron chi connectivity index (χ2n) is 4.40. The summed E-state index contributed by atoms with van der Waals surface area (Å²) in [6.07, 6.45) is 3.25. The third-order valence-corrected chi connectivity index (χ3v) is 2.74. The molecule has 0 bridgehead atoms. The van der Waals surface area contributed by atoms with E-state index in [2.05, 4.69) is 15.3 Å². The van der Waals surface area contributed by atoms with Crippen molar-refractivity contribution >= 4 is 23.1 Å². The number of hydrogen-bond acceptors (Lipinski definition) is 4. The minimum atomic E-state index is 0.234. The standard InChI is InChI=1S/C14H16ClN3O/c1-10(2)19-8-11-3-5-12(6-4-11)18-14-13(15)7-16-9-17-14/h3-7,9-10H,8H2,1-2H3,(H,16,17,18). The molecule has 100 valence electrons. The Morgan fingerprint density at radius 1 is 1.26 bits per heavy atom. The molecule has 0 aliphatic carbocycles. The van der Waals surface area contributed by atoms with Crippen LogP contribution in [-0.4, -0.2) is 16.1 Å². The van der Waals surface area contributed by atoms with Crippen LogP contribution in [0.25, 0.3) is 0 Å². The lowest BCUT2D eigenvalue weighted by molar-refractivity contribution is 0.0657. The van der Waals surface area contributed by atoms with Crippen molar-refractivity contribution in [2.45, 2.75) is 26.6 Å². The Bertz CT molecular complexity index is 528. The van der Waals surface area contributed by atoms with Crippen molar-refractivity contribution < 1.29 is 4.74 Å². The van der Waals surface area contributed by atoms with Crippen molar-refractivity contribution in [2.24, 2.45) is 0 Å². The van der Waals surface area contributed by atoms with Gasteiger partial charge in [-0.15, -0.1) is 0 Å². The van der Waals surface area contributed by atoms with Crippen LogP contribution in [-0.2, 0) is 11.3 Å². The first-order chi connectivity index (χ1) is 9.15. The fourth-order valence-corrected chi connectivity index (χ4v) is 1.64. The van der Waals surface area contributed by atoms with Crippen molar-refractivity contribution in [2.75, 3.05) is 5.32 Å². The first kappa shape index (κ1) is 13.8. The summed E-state index contributed by atoms with van der Waals surface area (Å²) in [6, 6.07) is 7.97. The van der Waals surface area contributed by atoms with Gasteiger partial charge in [0.2, 0.25) is 0 Å². The van der Waals surface area contributed by atoms with Gasteiger partial charge in [0, 0.05) is 5.69 Å². The summed E-state index contributed by atoms with van der Waals surface area (Å²) in [5, 5.41) is 3.64. The largest absolute Gasteiger partial charge is 0.374 e. The van der Waals surface area contributed by atoms with E-state index in [0.717, 1.165) is 11.3 Å². The average Bonchev–Trinajstić information content (AvgIpc) is 2.40. The Morgan fingerprint density at radius 3 is 2.63 bits per heavy atom. The number of rotatable bonds is 5. The Hall–Kier alpha value is -1.65. The molecule has 0 unspecified atom stereocenters. The third kappa shape index (κ3) is 4.19. The van der Waals surface area contributed by atoms with Crippen LogP contribution in [0.5, 0.6) is 0 Å². The van der Waals surface area contributed by atoms with E-state index in [9.17, 15) is 0 Å². The minimum Gasteiger partial charge on any atom is -0.374 e. The number of anilines is 2. The molecule has 1 N–H and O–H groups in total. The fourth-order valence-electron chi connectivity index (χ4n) is 1.49. The van der Waals surface area contributed by atoms with E-state index < -0.39 is 0 Å². The molecule has 0 saturated heterocycles. The van der Waals surface area contributed by atoms with Gasteiger partial charge in [0.25, 0.3) is 0 Å². The molecular weight excluding hydrogens is 262 g/mol. The van der Waals surface area contributed by atoms with E-state index in [1.807, 2.05) is 38.1 Å². The molecule has 0 aliphatic heterocycles. The Balaban J connectivity index is 2.01. The van der Waals surface area contributed by atoms with E-state index in [0.29, 0.717) is 17.4 Å². The highest BCUT2D eigenvalue weighted by atomic mass is 35.5. The predicted octanol–water partition coefficient (Wildman–Crippen LogP) is 3.80. The molecule has 0 aliphatic rings. The minimum absolute atomic E-state index is 0.234. The number of benzene rings is 1.